The van der Waals surface area contributed by atoms with Crippen LogP contribution in [0.4, 0.5) is 0 Å². The topological polar surface area (TPSA) is 91.3 Å². The Balaban J connectivity index is 2.18. The van der Waals surface area contributed by atoms with Gasteiger partial charge in [0.25, 0.3) is 0 Å². The second-order valence-electron chi connectivity index (χ2n) is 5.78. The monoisotopic (exact) mass is 382 g/mol. The van der Waals surface area contributed by atoms with Gasteiger partial charge in [0, 0.05) is 0 Å². The molecule has 3 aromatic rings. The molecule has 3 aromatic carbocycles. The van der Waals surface area contributed by atoms with E-state index >= 15 is 0 Å². The molecule has 0 fully saturated rings. The lowest BCUT2D eigenvalue weighted by molar-refractivity contribution is 0.0600. The van der Waals surface area contributed by atoms with E-state index in [0.717, 1.165) is 0 Å². The molecule has 0 aliphatic heterocycles. The van der Waals surface area contributed by atoms with Crippen molar-refractivity contribution in [2.24, 2.45) is 0 Å². The van der Waals surface area contributed by atoms with Crippen LogP contribution in [0.5, 0.6) is 23.0 Å². The zero-order valence-electron chi connectivity index (χ0n) is 15.5. The molecule has 0 atom stereocenters. The second kappa shape index (κ2) is 7.87. The van der Waals surface area contributed by atoms with Crippen molar-refractivity contribution >= 4 is 22.7 Å². The molecule has 0 amide bonds. The van der Waals surface area contributed by atoms with Crippen molar-refractivity contribution < 1.29 is 33.6 Å². The molecule has 0 aromatic heterocycles. The second-order valence-corrected chi connectivity index (χ2v) is 5.78. The molecule has 0 bridgehead atoms. The highest BCUT2D eigenvalue weighted by molar-refractivity contribution is 6.03. The Labute approximate surface area is 161 Å². The maximum atomic E-state index is 12.5. The summed E-state index contributed by atoms with van der Waals surface area (Å²) in [6, 6.07) is 12.8. The fourth-order valence-corrected chi connectivity index (χ4v) is 2.85. The summed E-state index contributed by atoms with van der Waals surface area (Å²) >= 11 is 0. The summed E-state index contributed by atoms with van der Waals surface area (Å²) in [6.07, 6.45) is 0. The van der Waals surface area contributed by atoms with Crippen LogP contribution in [-0.2, 0) is 4.74 Å². The fourth-order valence-electron chi connectivity index (χ4n) is 2.85. The van der Waals surface area contributed by atoms with Gasteiger partial charge in [-0.05, 0) is 35.7 Å². The van der Waals surface area contributed by atoms with Crippen LogP contribution in [0, 0.1) is 0 Å². The Kier molecular flexibility index (Phi) is 5.35. The predicted molar refractivity (Wildman–Crippen MR) is 101 cm³/mol. The van der Waals surface area contributed by atoms with Crippen molar-refractivity contribution in [3.63, 3.8) is 0 Å². The third kappa shape index (κ3) is 3.42. The van der Waals surface area contributed by atoms with E-state index in [1.807, 2.05) is 0 Å². The van der Waals surface area contributed by atoms with Gasteiger partial charge in [-0.2, -0.15) is 0 Å². The van der Waals surface area contributed by atoms with Gasteiger partial charge in [0.1, 0.15) is 5.75 Å². The molecule has 1 N–H and O–H groups in total. The van der Waals surface area contributed by atoms with Crippen LogP contribution in [0.25, 0.3) is 10.8 Å². The van der Waals surface area contributed by atoms with Gasteiger partial charge in [0.15, 0.2) is 11.5 Å². The minimum absolute atomic E-state index is 0.0208. The summed E-state index contributed by atoms with van der Waals surface area (Å²) in [5, 5.41) is 11.2. The zero-order chi connectivity index (χ0) is 20.3. The normalized spacial score (nSPS) is 10.4. The molecule has 7 heteroatoms. The number of hydrogen-bond donors (Lipinski definition) is 1. The molecular weight excluding hydrogens is 364 g/mol. The Bertz CT molecular complexity index is 1040. The van der Waals surface area contributed by atoms with Crippen LogP contribution in [0.2, 0.25) is 0 Å². The number of ether oxygens (including phenoxy) is 4. The molecule has 144 valence electrons. The van der Waals surface area contributed by atoms with Crippen molar-refractivity contribution in [3.8, 4) is 23.0 Å². The summed E-state index contributed by atoms with van der Waals surface area (Å²) in [6.45, 7) is 0. The third-order valence-corrected chi connectivity index (χ3v) is 4.14. The number of carbonyl (C=O) groups is 2. The predicted octanol–water partition coefficient (Wildman–Crippen LogP) is 3.57. The van der Waals surface area contributed by atoms with E-state index in [2.05, 4.69) is 0 Å². The van der Waals surface area contributed by atoms with E-state index in [9.17, 15) is 14.7 Å². The molecular formula is C21H18O7. The lowest BCUT2D eigenvalue weighted by atomic mass is 10.0. The number of methoxy groups -OCH3 is 3. The zero-order valence-corrected chi connectivity index (χ0v) is 15.5. The molecule has 0 aliphatic rings. The number of phenolic OH excluding ortho intramolecular Hbond substituents is 1. The van der Waals surface area contributed by atoms with E-state index in [1.165, 1.54) is 39.5 Å². The summed E-state index contributed by atoms with van der Waals surface area (Å²) < 4.78 is 21.0. The summed E-state index contributed by atoms with van der Waals surface area (Å²) in [4.78, 5) is 24.3. The first-order valence-corrected chi connectivity index (χ1v) is 8.27. The fraction of sp³-hybridized carbons (Fsp3) is 0.143. The number of esters is 2. The van der Waals surface area contributed by atoms with E-state index in [1.54, 1.807) is 30.3 Å². The van der Waals surface area contributed by atoms with Crippen molar-refractivity contribution in [2.75, 3.05) is 21.3 Å². The molecule has 0 radical (unpaired) electrons. The van der Waals surface area contributed by atoms with Gasteiger partial charge in [0.05, 0.1) is 37.8 Å². The van der Waals surface area contributed by atoms with E-state index < -0.39 is 11.9 Å². The van der Waals surface area contributed by atoms with E-state index in [-0.39, 0.29) is 33.9 Å². The quantitative estimate of drug-likeness (QED) is 0.533. The molecule has 0 spiro atoms. The summed E-state index contributed by atoms with van der Waals surface area (Å²) in [7, 11) is 4.03. The van der Waals surface area contributed by atoms with Gasteiger partial charge in [-0.25, -0.2) is 9.59 Å². The lowest BCUT2D eigenvalue weighted by Gasteiger charge is -2.17. The number of fused-ring (bicyclic) bond motifs is 1. The van der Waals surface area contributed by atoms with Gasteiger partial charge >= 0.3 is 11.9 Å². The van der Waals surface area contributed by atoms with Crippen LogP contribution >= 0.6 is 0 Å². The van der Waals surface area contributed by atoms with E-state index in [4.69, 9.17) is 18.9 Å². The smallest absolute Gasteiger partial charge is 0.343 e. The molecule has 0 saturated heterocycles. The molecule has 0 heterocycles. The van der Waals surface area contributed by atoms with Gasteiger partial charge in [-0.15, -0.1) is 0 Å². The number of phenols is 1. The molecule has 0 aliphatic carbocycles. The summed E-state index contributed by atoms with van der Waals surface area (Å²) in [5.41, 5.74) is 0.502. The largest absolute Gasteiger partial charge is 0.507 e. The Morgan fingerprint density at radius 3 is 2.14 bits per heavy atom. The first-order valence-electron chi connectivity index (χ1n) is 8.27. The van der Waals surface area contributed by atoms with Gasteiger partial charge in [0.2, 0.25) is 5.75 Å². The number of rotatable bonds is 5. The average Bonchev–Trinajstić information content (AvgIpc) is 2.73. The summed E-state index contributed by atoms with van der Waals surface area (Å²) in [5.74, 6) is -1.11. The molecule has 0 unspecified atom stereocenters. The Morgan fingerprint density at radius 1 is 0.821 bits per heavy atom. The van der Waals surface area contributed by atoms with Crippen molar-refractivity contribution in [1.29, 1.82) is 0 Å². The van der Waals surface area contributed by atoms with Gasteiger partial charge in [-0.1, -0.05) is 18.2 Å². The highest BCUT2D eigenvalue weighted by Crippen LogP contribution is 2.47. The SMILES string of the molecule is COC(=O)c1cc(O)c2c(OC)c(OC(=O)c3ccccc3)c(OC)cc2c1. The minimum Gasteiger partial charge on any atom is -0.507 e. The third-order valence-electron chi connectivity index (χ3n) is 4.14. The van der Waals surface area contributed by atoms with Gasteiger partial charge in [-0.3, -0.25) is 0 Å². The van der Waals surface area contributed by atoms with Crippen molar-refractivity contribution in [2.45, 2.75) is 0 Å². The first-order chi connectivity index (χ1) is 13.5. The standard InChI is InChI=1S/C21H18O7/c1-25-16-11-13-9-14(20(23)27-3)10-15(22)17(13)19(26-2)18(16)28-21(24)12-7-5-4-6-8-12/h4-11,22H,1-3H3. The van der Waals surface area contributed by atoms with Crippen molar-refractivity contribution in [3.05, 3.63) is 59.7 Å². The Morgan fingerprint density at radius 2 is 1.54 bits per heavy atom. The number of carbonyl (C=O) groups excluding carboxylic acids is 2. The molecule has 3 rings (SSSR count). The number of hydrogen-bond acceptors (Lipinski definition) is 7. The highest BCUT2D eigenvalue weighted by atomic mass is 16.6. The van der Waals surface area contributed by atoms with Crippen LogP contribution in [0.1, 0.15) is 20.7 Å². The minimum atomic E-state index is -0.609. The maximum absolute atomic E-state index is 12.5. The van der Waals surface area contributed by atoms with Crippen LogP contribution in [-0.4, -0.2) is 38.4 Å². The number of aromatic hydroxyl groups is 1. The number of benzene rings is 3. The first kappa shape index (κ1) is 19.0. The van der Waals surface area contributed by atoms with E-state index in [0.29, 0.717) is 10.9 Å². The van der Waals surface area contributed by atoms with Gasteiger partial charge < -0.3 is 24.1 Å². The average molecular weight is 382 g/mol. The van der Waals surface area contributed by atoms with Crippen LogP contribution in [0.3, 0.4) is 0 Å². The van der Waals surface area contributed by atoms with Crippen LogP contribution in [0.15, 0.2) is 48.5 Å². The lowest BCUT2D eigenvalue weighted by Crippen LogP contribution is -2.10. The molecule has 0 saturated carbocycles. The Hall–Kier alpha value is -3.74. The van der Waals surface area contributed by atoms with Crippen molar-refractivity contribution in [1.82, 2.24) is 0 Å². The highest BCUT2D eigenvalue weighted by Gasteiger charge is 2.23. The molecule has 7 nitrogen and oxygen atoms in total. The molecule has 28 heavy (non-hydrogen) atoms. The van der Waals surface area contributed by atoms with Crippen LogP contribution < -0.4 is 14.2 Å². The maximum Gasteiger partial charge on any atom is 0.343 e.